The quantitative estimate of drug-likeness (QED) is 0.729. The molecule has 1 rings (SSSR count). The number of hydrogen-bond donors (Lipinski definition) is 2. The molecule has 0 fully saturated rings. The van der Waals surface area contributed by atoms with Crippen LogP contribution in [0.4, 0.5) is 5.82 Å². The van der Waals surface area contributed by atoms with E-state index in [1.54, 1.807) is 12.3 Å². The Morgan fingerprint density at radius 3 is 2.85 bits per heavy atom. The van der Waals surface area contributed by atoms with Crippen molar-refractivity contribution < 1.29 is 5.11 Å². The van der Waals surface area contributed by atoms with Gasteiger partial charge in [0.25, 0.3) is 0 Å². The molecule has 0 spiro atoms. The topological polar surface area (TPSA) is 58.0 Å². The van der Waals surface area contributed by atoms with Crippen molar-refractivity contribution >= 4 is 5.82 Å². The van der Waals surface area contributed by atoms with Gasteiger partial charge < -0.3 is 10.4 Å². The fourth-order valence-electron chi connectivity index (χ4n) is 1.05. The second-order valence-corrected chi connectivity index (χ2v) is 3.58. The molecule has 0 aliphatic heterocycles. The van der Waals surface area contributed by atoms with Gasteiger partial charge in [0.15, 0.2) is 0 Å². The Morgan fingerprint density at radius 2 is 2.31 bits per heavy atom. The first kappa shape index (κ1) is 9.92. The first-order valence-corrected chi connectivity index (χ1v) is 4.29. The summed E-state index contributed by atoms with van der Waals surface area (Å²) in [5.41, 5.74) is -0.136. The first-order chi connectivity index (χ1) is 6.14. The van der Waals surface area contributed by atoms with Crippen LogP contribution in [0.25, 0.3) is 0 Å². The summed E-state index contributed by atoms with van der Waals surface area (Å²) in [5, 5.41) is 12.0. The third kappa shape index (κ3) is 3.38. The van der Waals surface area contributed by atoms with Gasteiger partial charge in [-0.15, -0.1) is 0 Å². The first-order valence-electron chi connectivity index (χ1n) is 4.29. The van der Waals surface area contributed by atoms with Gasteiger partial charge >= 0.3 is 0 Å². The lowest BCUT2D eigenvalue weighted by molar-refractivity contribution is 0.260. The Labute approximate surface area is 78.0 Å². The van der Waals surface area contributed by atoms with Gasteiger partial charge in [0, 0.05) is 18.3 Å². The average molecular weight is 181 g/mol. The van der Waals surface area contributed by atoms with Crippen molar-refractivity contribution in [2.75, 3.05) is 11.9 Å². The van der Waals surface area contributed by atoms with E-state index in [1.807, 2.05) is 13.8 Å². The van der Waals surface area contributed by atoms with E-state index in [4.69, 9.17) is 5.11 Å². The zero-order chi connectivity index (χ0) is 9.73. The minimum atomic E-state index is -0.136. The van der Waals surface area contributed by atoms with E-state index in [-0.39, 0.29) is 12.1 Å². The predicted molar refractivity (Wildman–Crippen MR) is 51.4 cm³/mol. The molecule has 1 heterocycles. The van der Waals surface area contributed by atoms with Crippen LogP contribution in [0.3, 0.4) is 0 Å². The van der Waals surface area contributed by atoms with Crippen LogP contribution < -0.4 is 5.32 Å². The molecular weight excluding hydrogens is 166 g/mol. The molecule has 0 saturated heterocycles. The summed E-state index contributed by atoms with van der Waals surface area (Å²) in [7, 11) is 0. The molecule has 0 bridgehead atoms. The molecular formula is C9H15N3O. The summed E-state index contributed by atoms with van der Waals surface area (Å²) < 4.78 is 0. The third-order valence-electron chi connectivity index (χ3n) is 1.79. The summed E-state index contributed by atoms with van der Waals surface area (Å²) in [5.74, 6) is 0.786. The van der Waals surface area contributed by atoms with E-state index < -0.39 is 0 Å². The van der Waals surface area contributed by atoms with E-state index in [2.05, 4.69) is 15.3 Å². The lowest BCUT2D eigenvalue weighted by Gasteiger charge is -2.25. The zero-order valence-corrected chi connectivity index (χ0v) is 7.99. The largest absolute Gasteiger partial charge is 0.396 e. The highest BCUT2D eigenvalue weighted by Gasteiger charge is 2.16. The van der Waals surface area contributed by atoms with Crippen molar-refractivity contribution in [3.63, 3.8) is 0 Å². The van der Waals surface area contributed by atoms with E-state index in [0.29, 0.717) is 6.42 Å². The van der Waals surface area contributed by atoms with Gasteiger partial charge in [-0.1, -0.05) is 0 Å². The van der Waals surface area contributed by atoms with Gasteiger partial charge in [-0.05, 0) is 26.3 Å². The van der Waals surface area contributed by atoms with Crippen LogP contribution in [-0.4, -0.2) is 27.2 Å². The summed E-state index contributed by atoms with van der Waals surface area (Å²) in [6.07, 6.45) is 3.87. The van der Waals surface area contributed by atoms with Crippen LogP contribution in [0.15, 0.2) is 18.6 Å². The third-order valence-corrected chi connectivity index (χ3v) is 1.79. The molecule has 72 valence electrons. The van der Waals surface area contributed by atoms with Gasteiger partial charge in [0.05, 0.1) is 0 Å². The van der Waals surface area contributed by atoms with Crippen LogP contribution in [0, 0.1) is 0 Å². The lowest BCUT2D eigenvalue weighted by atomic mass is 10.0. The SMILES string of the molecule is CC(C)(CCO)Nc1ccncn1. The van der Waals surface area contributed by atoms with Gasteiger partial charge in [-0.3, -0.25) is 0 Å². The smallest absolute Gasteiger partial charge is 0.129 e. The minimum absolute atomic E-state index is 0.136. The van der Waals surface area contributed by atoms with Gasteiger partial charge in [0.2, 0.25) is 0 Å². The zero-order valence-electron chi connectivity index (χ0n) is 7.99. The Kier molecular flexibility index (Phi) is 3.19. The molecule has 2 N–H and O–H groups in total. The summed E-state index contributed by atoms with van der Waals surface area (Å²) >= 11 is 0. The summed E-state index contributed by atoms with van der Waals surface area (Å²) in [6, 6.07) is 1.80. The second kappa shape index (κ2) is 4.18. The number of aromatic nitrogens is 2. The molecule has 0 atom stereocenters. The highest BCUT2D eigenvalue weighted by atomic mass is 16.3. The maximum atomic E-state index is 8.81. The number of aliphatic hydroxyl groups excluding tert-OH is 1. The molecule has 0 saturated carbocycles. The van der Waals surface area contributed by atoms with Gasteiger partial charge in [-0.2, -0.15) is 0 Å². The van der Waals surface area contributed by atoms with Gasteiger partial charge in [-0.25, -0.2) is 9.97 Å². The van der Waals surface area contributed by atoms with Crippen LogP contribution in [0.1, 0.15) is 20.3 Å². The van der Waals surface area contributed by atoms with Crippen LogP contribution in [0.5, 0.6) is 0 Å². The maximum absolute atomic E-state index is 8.81. The number of rotatable bonds is 4. The molecule has 1 aromatic heterocycles. The van der Waals surface area contributed by atoms with Crippen molar-refractivity contribution in [1.29, 1.82) is 0 Å². The molecule has 4 heteroatoms. The fraction of sp³-hybridized carbons (Fsp3) is 0.556. The Morgan fingerprint density at radius 1 is 1.54 bits per heavy atom. The van der Waals surface area contributed by atoms with E-state index in [1.165, 1.54) is 6.33 Å². The molecule has 4 nitrogen and oxygen atoms in total. The number of nitrogens with zero attached hydrogens (tertiary/aromatic N) is 2. The highest BCUT2D eigenvalue weighted by molar-refractivity contribution is 5.34. The van der Waals surface area contributed by atoms with Crippen molar-refractivity contribution in [2.45, 2.75) is 25.8 Å². The Balaban J connectivity index is 2.58. The number of anilines is 1. The lowest BCUT2D eigenvalue weighted by Crippen LogP contribution is -2.32. The van der Waals surface area contributed by atoms with Gasteiger partial charge in [0.1, 0.15) is 12.1 Å². The minimum Gasteiger partial charge on any atom is -0.396 e. The molecule has 0 unspecified atom stereocenters. The van der Waals surface area contributed by atoms with Crippen LogP contribution in [0.2, 0.25) is 0 Å². The number of aliphatic hydroxyl groups is 1. The molecule has 13 heavy (non-hydrogen) atoms. The molecule has 1 aromatic rings. The normalized spacial score (nSPS) is 11.3. The number of hydrogen-bond acceptors (Lipinski definition) is 4. The fourth-order valence-corrected chi connectivity index (χ4v) is 1.05. The van der Waals surface area contributed by atoms with E-state index in [9.17, 15) is 0 Å². The van der Waals surface area contributed by atoms with E-state index in [0.717, 1.165) is 5.82 Å². The predicted octanol–water partition coefficient (Wildman–Crippen LogP) is 1.05. The molecule has 0 amide bonds. The molecule has 0 aliphatic carbocycles. The monoisotopic (exact) mass is 181 g/mol. The summed E-state index contributed by atoms with van der Waals surface area (Å²) in [6.45, 7) is 4.21. The summed E-state index contributed by atoms with van der Waals surface area (Å²) in [4.78, 5) is 7.86. The standard InChI is InChI=1S/C9H15N3O/c1-9(2,4-6-13)12-8-3-5-10-7-11-8/h3,5,7,13H,4,6H2,1-2H3,(H,10,11,12). The Hall–Kier alpha value is -1.16. The second-order valence-electron chi connectivity index (χ2n) is 3.58. The van der Waals surface area contributed by atoms with Crippen molar-refractivity contribution in [2.24, 2.45) is 0 Å². The van der Waals surface area contributed by atoms with Crippen molar-refractivity contribution in [1.82, 2.24) is 9.97 Å². The van der Waals surface area contributed by atoms with Crippen molar-refractivity contribution in [3.05, 3.63) is 18.6 Å². The molecule has 0 aromatic carbocycles. The average Bonchev–Trinajstić information content (AvgIpc) is 2.04. The van der Waals surface area contributed by atoms with Crippen LogP contribution in [-0.2, 0) is 0 Å². The van der Waals surface area contributed by atoms with Crippen molar-refractivity contribution in [3.8, 4) is 0 Å². The molecule has 0 radical (unpaired) electrons. The maximum Gasteiger partial charge on any atom is 0.129 e. The Bertz CT molecular complexity index is 248. The number of nitrogens with one attached hydrogen (secondary N) is 1. The molecule has 0 aliphatic rings. The van der Waals surface area contributed by atoms with E-state index >= 15 is 0 Å². The van der Waals surface area contributed by atoms with Crippen LogP contribution >= 0.6 is 0 Å². The highest BCUT2D eigenvalue weighted by Crippen LogP contribution is 2.14.